The van der Waals surface area contributed by atoms with Crippen molar-refractivity contribution in [2.45, 2.75) is 39.7 Å². The molecule has 1 aliphatic heterocycles. The Morgan fingerprint density at radius 2 is 2.04 bits per heavy atom. The Bertz CT molecular complexity index is 737. The molecule has 0 spiro atoms. The molecule has 6 nitrogen and oxygen atoms in total. The van der Waals surface area contributed by atoms with Crippen LogP contribution in [0.5, 0.6) is 0 Å². The second-order valence-electron chi connectivity index (χ2n) is 6.97. The minimum atomic E-state index is -3.22. The van der Waals surface area contributed by atoms with E-state index in [1.807, 2.05) is 27.7 Å². The minimum Gasteiger partial charge on any atom is -0.345 e. The molecule has 1 unspecified atom stereocenters. The molecule has 1 heterocycles. The smallest absolute Gasteiger partial charge is 0.252 e. The number of sulfonamides is 1. The van der Waals surface area contributed by atoms with E-state index in [1.165, 1.54) is 4.31 Å². The van der Waals surface area contributed by atoms with Crippen molar-refractivity contribution in [3.8, 4) is 0 Å². The fourth-order valence-electron chi connectivity index (χ4n) is 2.75. The predicted molar refractivity (Wildman–Crippen MR) is 104 cm³/mol. The summed E-state index contributed by atoms with van der Waals surface area (Å²) < 4.78 is 25.5. The highest BCUT2D eigenvalue weighted by atomic mass is 35.5. The molecule has 0 aliphatic carbocycles. The molecule has 0 saturated carbocycles. The largest absolute Gasteiger partial charge is 0.345 e. The molecular formula is C17H28ClN3O3S. The summed E-state index contributed by atoms with van der Waals surface area (Å²) in [7, 11) is -3.22. The molecule has 3 N–H and O–H groups in total. The zero-order valence-corrected chi connectivity index (χ0v) is 16.8. The molecule has 8 heteroatoms. The van der Waals surface area contributed by atoms with Gasteiger partial charge in [0.15, 0.2) is 0 Å². The lowest BCUT2D eigenvalue weighted by Gasteiger charge is -2.33. The molecular weight excluding hydrogens is 362 g/mol. The minimum absolute atomic E-state index is 0. The lowest BCUT2D eigenvalue weighted by atomic mass is 9.88. The highest BCUT2D eigenvalue weighted by molar-refractivity contribution is 7.93. The zero-order chi connectivity index (χ0) is 18.1. The van der Waals surface area contributed by atoms with E-state index >= 15 is 0 Å². The quantitative estimate of drug-likeness (QED) is 0.806. The number of halogens is 1. The topological polar surface area (TPSA) is 92.5 Å². The molecule has 1 fully saturated rings. The first kappa shape index (κ1) is 21.7. The summed E-state index contributed by atoms with van der Waals surface area (Å²) in [6.07, 6.45) is 0.632. The highest BCUT2D eigenvalue weighted by Gasteiger charge is 2.31. The zero-order valence-electron chi connectivity index (χ0n) is 15.2. The Labute approximate surface area is 156 Å². The van der Waals surface area contributed by atoms with Crippen LogP contribution in [0, 0.1) is 12.8 Å². The van der Waals surface area contributed by atoms with Crippen molar-refractivity contribution in [1.82, 2.24) is 5.32 Å². The van der Waals surface area contributed by atoms with Crippen molar-refractivity contribution >= 4 is 34.0 Å². The number of anilines is 1. The van der Waals surface area contributed by atoms with Crippen LogP contribution >= 0.6 is 12.4 Å². The van der Waals surface area contributed by atoms with E-state index in [9.17, 15) is 13.2 Å². The normalized spacial score (nSPS) is 18.6. The number of benzene rings is 1. The second-order valence-corrected chi connectivity index (χ2v) is 8.98. The highest BCUT2D eigenvalue weighted by Crippen LogP contribution is 2.26. The van der Waals surface area contributed by atoms with Crippen LogP contribution in [0.3, 0.4) is 0 Å². The fraction of sp³-hybridized carbons (Fsp3) is 0.588. The number of hydrogen-bond acceptors (Lipinski definition) is 4. The van der Waals surface area contributed by atoms with Gasteiger partial charge in [-0.3, -0.25) is 9.10 Å². The van der Waals surface area contributed by atoms with E-state index in [0.29, 0.717) is 30.8 Å². The third-order valence-electron chi connectivity index (χ3n) is 4.94. The molecule has 1 atom stereocenters. The van der Waals surface area contributed by atoms with E-state index in [-0.39, 0.29) is 30.0 Å². The standard InChI is InChI=1S/C17H27N3O3S.ClH/c1-12(2)17(4,11-18)19-16(21)15-7-6-14(10-13(15)3)20-8-5-9-24(20,22)23;/h6-7,10,12H,5,8-9,11,18H2,1-4H3,(H,19,21);1H. The molecule has 142 valence electrons. The van der Waals surface area contributed by atoms with Gasteiger partial charge in [-0.05, 0) is 49.9 Å². The fourth-order valence-corrected chi connectivity index (χ4v) is 4.30. The summed E-state index contributed by atoms with van der Waals surface area (Å²) in [5.41, 5.74) is 7.24. The number of aryl methyl sites for hydroxylation is 1. The Balaban J connectivity index is 0.00000312. The number of amides is 1. The van der Waals surface area contributed by atoms with Crippen LogP contribution < -0.4 is 15.4 Å². The monoisotopic (exact) mass is 389 g/mol. The van der Waals surface area contributed by atoms with Crippen LogP contribution in [0.4, 0.5) is 5.69 Å². The SMILES string of the molecule is Cc1cc(N2CCCS2(=O)=O)ccc1C(=O)NC(C)(CN)C(C)C.Cl. The van der Waals surface area contributed by atoms with Gasteiger partial charge < -0.3 is 11.1 Å². The summed E-state index contributed by atoms with van der Waals surface area (Å²) in [4.78, 5) is 12.6. The molecule has 0 bridgehead atoms. The van der Waals surface area contributed by atoms with Crippen LogP contribution in [0.25, 0.3) is 0 Å². The molecule has 1 aromatic rings. The van der Waals surface area contributed by atoms with Crippen molar-refractivity contribution in [3.05, 3.63) is 29.3 Å². The average molecular weight is 390 g/mol. The molecule has 1 aromatic carbocycles. The first-order valence-electron chi connectivity index (χ1n) is 8.24. The maximum atomic E-state index is 12.6. The predicted octanol–water partition coefficient (Wildman–Crippen LogP) is 2.06. The lowest BCUT2D eigenvalue weighted by molar-refractivity contribution is 0.0882. The maximum Gasteiger partial charge on any atom is 0.252 e. The summed E-state index contributed by atoms with van der Waals surface area (Å²) in [6.45, 7) is 8.61. The maximum absolute atomic E-state index is 12.6. The number of rotatable bonds is 5. The molecule has 0 aromatic heterocycles. The summed E-state index contributed by atoms with van der Waals surface area (Å²) in [5.74, 6) is 0.183. The molecule has 0 radical (unpaired) electrons. The molecule has 25 heavy (non-hydrogen) atoms. The summed E-state index contributed by atoms with van der Waals surface area (Å²) >= 11 is 0. The Hall–Kier alpha value is -1.31. The Morgan fingerprint density at radius 3 is 2.48 bits per heavy atom. The summed E-state index contributed by atoms with van der Waals surface area (Å²) in [5, 5.41) is 3.01. The third kappa shape index (κ3) is 4.46. The van der Waals surface area contributed by atoms with Crippen molar-refractivity contribution in [2.24, 2.45) is 11.7 Å². The molecule has 1 aliphatic rings. The van der Waals surface area contributed by atoms with Gasteiger partial charge in [0.1, 0.15) is 0 Å². The number of nitrogens with zero attached hydrogens (tertiary/aromatic N) is 1. The van der Waals surface area contributed by atoms with Crippen molar-refractivity contribution in [1.29, 1.82) is 0 Å². The molecule has 1 saturated heterocycles. The van der Waals surface area contributed by atoms with Gasteiger partial charge in [0.2, 0.25) is 10.0 Å². The number of nitrogens with two attached hydrogens (primary N) is 1. The Kier molecular flexibility index (Phi) is 6.89. The second kappa shape index (κ2) is 7.93. The van der Waals surface area contributed by atoms with Crippen LogP contribution in [-0.2, 0) is 10.0 Å². The van der Waals surface area contributed by atoms with Gasteiger partial charge in [-0.15, -0.1) is 12.4 Å². The van der Waals surface area contributed by atoms with E-state index in [2.05, 4.69) is 5.32 Å². The van der Waals surface area contributed by atoms with Gasteiger partial charge in [0, 0.05) is 18.7 Å². The number of carbonyl (C=O) groups excluding carboxylic acids is 1. The van der Waals surface area contributed by atoms with Crippen LogP contribution in [0.2, 0.25) is 0 Å². The third-order valence-corrected chi connectivity index (χ3v) is 6.81. The number of hydrogen-bond donors (Lipinski definition) is 2. The van der Waals surface area contributed by atoms with Gasteiger partial charge in [-0.2, -0.15) is 0 Å². The number of nitrogens with one attached hydrogen (secondary N) is 1. The molecule has 2 rings (SSSR count). The van der Waals surface area contributed by atoms with E-state index < -0.39 is 15.6 Å². The van der Waals surface area contributed by atoms with Gasteiger partial charge in [-0.1, -0.05) is 13.8 Å². The van der Waals surface area contributed by atoms with Crippen molar-refractivity contribution < 1.29 is 13.2 Å². The van der Waals surface area contributed by atoms with Crippen molar-refractivity contribution in [3.63, 3.8) is 0 Å². The van der Waals surface area contributed by atoms with Gasteiger partial charge in [-0.25, -0.2) is 8.42 Å². The van der Waals surface area contributed by atoms with Crippen molar-refractivity contribution in [2.75, 3.05) is 23.1 Å². The summed E-state index contributed by atoms with van der Waals surface area (Å²) in [6, 6.07) is 5.14. The van der Waals surface area contributed by atoms with Crippen LogP contribution in [0.15, 0.2) is 18.2 Å². The van der Waals surface area contributed by atoms with Crippen LogP contribution in [0.1, 0.15) is 43.1 Å². The first-order valence-corrected chi connectivity index (χ1v) is 9.85. The van der Waals surface area contributed by atoms with E-state index in [0.717, 1.165) is 5.56 Å². The lowest BCUT2D eigenvalue weighted by Crippen LogP contribution is -2.55. The Morgan fingerprint density at radius 1 is 1.40 bits per heavy atom. The van der Waals surface area contributed by atoms with E-state index in [1.54, 1.807) is 18.2 Å². The van der Waals surface area contributed by atoms with Gasteiger partial charge in [0.25, 0.3) is 5.91 Å². The van der Waals surface area contributed by atoms with Gasteiger partial charge in [0.05, 0.1) is 17.0 Å². The van der Waals surface area contributed by atoms with Crippen LogP contribution in [-0.4, -0.2) is 38.7 Å². The number of carbonyl (C=O) groups is 1. The average Bonchev–Trinajstić information content (AvgIpc) is 2.85. The molecule has 1 amide bonds. The van der Waals surface area contributed by atoms with E-state index in [4.69, 9.17) is 5.73 Å². The van der Waals surface area contributed by atoms with Gasteiger partial charge >= 0.3 is 0 Å². The first-order chi connectivity index (χ1) is 11.1.